The van der Waals surface area contributed by atoms with Gasteiger partial charge in [-0.2, -0.15) is 18.2 Å². The zero-order chi connectivity index (χ0) is 14.9. The molecule has 2 rings (SSSR count). The lowest BCUT2D eigenvalue weighted by molar-refractivity contribution is -0.141. The SMILES string of the molecule is Nc1nc(Nc2ccc(Cl)cc2Cl)cc(C(F)(F)F)n1. The van der Waals surface area contributed by atoms with Crippen LogP contribution in [0.25, 0.3) is 0 Å². The highest BCUT2D eigenvalue weighted by Gasteiger charge is 2.33. The topological polar surface area (TPSA) is 63.8 Å². The number of nitrogens with zero attached hydrogens (tertiary/aromatic N) is 2. The van der Waals surface area contributed by atoms with E-state index >= 15 is 0 Å². The van der Waals surface area contributed by atoms with E-state index in [-0.39, 0.29) is 10.8 Å². The van der Waals surface area contributed by atoms with E-state index in [4.69, 9.17) is 28.9 Å². The van der Waals surface area contributed by atoms with Gasteiger partial charge in [0.1, 0.15) is 5.82 Å². The van der Waals surface area contributed by atoms with Crippen molar-refractivity contribution in [1.82, 2.24) is 9.97 Å². The highest BCUT2D eigenvalue weighted by Crippen LogP contribution is 2.31. The van der Waals surface area contributed by atoms with Crippen LogP contribution in [0.5, 0.6) is 0 Å². The number of hydrogen-bond donors (Lipinski definition) is 2. The molecule has 1 aromatic heterocycles. The number of alkyl halides is 3. The molecule has 0 aliphatic heterocycles. The van der Waals surface area contributed by atoms with Gasteiger partial charge in [0.05, 0.1) is 10.7 Å². The minimum absolute atomic E-state index is 0.117. The summed E-state index contributed by atoms with van der Waals surface area (Å²) in [5, 5.41) is 3.27. The summed E-state index contributed by atoms with van der Waals surface area (Å²) in [4.78, 5) is 6.80. The number of aromatic nitrogens is 2. The third-order valence-corrected chi connectivity index (χ3v) is 2.78. The Morgan fingerprint density at radius 2 is 1.80 bits per heavy atom. The van der Waals surface area contributed by atoms with Crippen LogP contribution in [0, 0.1) is 0 Å². The van der Waals surface area contributed by atoms with Gasteiger partial charge in [0.2, 0.25) is 5.95 Å². The first-order valence-corrected chi connectivity index (χ1v) is 5.95. The number of hydrogen-bond acceptors (Lipinski definition) is 4. The van der Waals surface area contributed by atoms with Gasteiger partial charge in [0, 0.05) is 11.1 Å². The quantitative estimate of drug-likeness (QED) is 0.872. The van der Waals surface area contributed by atoms with E-state index in [9.17, 15) is 13.2 Å². The van der Waals surface area contributed by atoms with Gasteiger partial charge in [-0.05, 0) is 18.2 Å². The molecule has 20 heavy (non-hydrogen) atoms. The monoisotopic (exact) mass is 322 g/mol. The summed E-state index contributed by atoms with van der Waals surface area (Å²) >= 11 is 11.6. The number of rotatable bonds is 2. The predicted octanol–water partition coefficient (Wildman–Crippen LogP) is 4.13. The van der Waals surface area contributed by atoms with Gasteiger partial charge in [-0.1, -0.05) is 23.2 Å². The maximum atomic E-state index is 12.6. The Kier molecular flexibility index (Phi) is 3.92. The average Bonchev–Trinajstić information content (AvgIpc) is 2.31. The number of nitrogen functional groups attached to an aromatic ring is 1. The van der Waals surface area contributed by atoms with E-state index in [1.165, 1.54) is 18.2 Å². The molecule has 4 nitrogen and oxygen atoms in total. The number of anilines is 3. The normalized spacial score (nSPS) is 11.4. The van der Waals surface area contributed by atoms with Crippen LogP contribution in [-0.4, -0.2) is 9.97 Å². The average molecular weight is 323 g/mol. The molecule has 0 aliphatic carbocycles. The van der Waals surface area contributed by atoms with Crippen molar-refractivity contribution in [3.05, 3.63) is 40.0 Å². The molecule has 2 aromatic rings. The van der Waals surface area contributed by atoms with Crippen LogP contribution in [0.15, 0.2) is 24.3 Å². The molecule has 0 radical (unpaired) electrons. The smallest absolute Gasteiger partial charge is 0.368 e. The van der Waals surface area contributed by atoms with Crippen molar-refractivity contribution in [2.75, 3.05) is 11.1 Å². The Morgan fingerprint density at radius 3 is 2.40 bits per heavy atom. The van der Waals surface area contributed by atoms with Crippen LogP contribution in [0.4, 0.5) is 30.6 Å². The largest absolute Gasteiger partial charge is 0.433 e. The van der Waals surface area contributed by atoms with Crippen molar-refractivity contribution >= 4 is 40.7 Å². The van der Waals surface area contributed by atoms with Gasteiger partial charge in [0.15, 0.2) is 5.69 Å². The van der Waals surface area contributed by atoms with Crippen molar-refractivity contribution in [2.24, 2.45) is 0 Å². The lowest BCUT2D eigenvalue weighted by atomic mass is 10.3. The van der Waals surface area contributed by atoms with Gasteiger partial charge < -0.3 is 11.1 Å². The minimum Gasteiger partial charge on any atom is -0.368 e. The number of nitrogens with two attached hydrogens (primary N) is 1. The molecule has 0 fully saturated rings. The van der Waals surface area contributed by atoms with E-state index in [0.29, 0.717) is 10.7 Å². The second-order valence-electron chi connectivity index (χ2n) is 3.74. The molecular formula is C11H7Cl2F3N4. The number of halogens is 5. The van der Waals surface area contributed by atoms with Crippen molar-refractivity contribution in [2.45, 2.75) is 6.18 Å². The highest BCUT2D eigenvalue weighted by atomic mass is 35.5. The standard InChI is InChI=1S/C11H7Cl2F3N4/c12-5-1-2-7(6(13)3-5)18-9-4-8(11(14,15)16)19-10(17)20-9/h1-4H,(H3,17,18,19,20). The van der Waals surface area contributed by atoms with Gasteiger partial charge in [0.25, 0.3) is 0 Å². The summed E-state index contributed by atoms with van der Waals surface area (Å²) in [5.41, 5.74) is 4.46. The van der Waals surface area contributed by atoms with E-state index in [2.05, 4.69) is 15.3 Å². The van der Waals surface area contributed by atoms with Crippen LogP contribution < -0.4 is 11.1 Å². The molecule has 9 heteroatoms. The molecule has 1 heterocycles. The van der Waals surface area contributed by atoms with Crippen LogP contribution >= 0.6 is 23.2 Å². The molecule has 0 unspecified atom stereocenters. The highest BCUT2D eigenvalue weighted by molar-refractivity contribution is 6.36. The third-order valence-electron chi connectivity index (χ3n) is 2.23. The fraction of sp³-hybridized carbons (Fsp3) is 0.0909. The van der Waals surface area contributed by atoms with Crippen LogP contribution in [0.2, 0.25) is 10.0 Å². The second kappa shape index (κ2) is 5.34. The van der Waals surface area contributed by atoms with E-state index in [1.807, 2.05) is 0 Å². The van der Waals surface area contributed by atoms with Crippen molar-refractivity contribution in [3.8, 4) is 0 Å². The van der Waals surface area contributed by atoms with E-state index < -0.39 is 17.8 Å². The van der Waals surface area contributed by atoms with Gasteiger partial charge >= 0.3 is 6.18 Å². The molecule has 0 atom stereocenters. The Labute approximate surface area is 121 Å². The maximum Gasteiger partial charge on any atom is 0.433 e. The Bertz CT molecular complexity index is 646. The second-order valence-corrected chi connectivity index (χ2v) is 4.59. The van der Waals surface area contributed by atoms with Crippen molar-refractivity contribution in [3.63, 3.8) is 0 Å². The number of nitrogens with one attached hydrogen (secondary N) is 1. The van der Waals surface area contributed by atoms with E-state index in [1.54, 1.807) is 0 Å². The van der Waals surface area contributed by atoms with Crippen LogP contribution in [-0.2, 0) is 6.18 Å². The summed E-state index contributed by atoms with van der Waals surface area (Å²) in [6.45, 7) is 0. The van der Waals surface area contributed by atoms with Crippen molar-refractivity contribution < 1.29 is 13.2 Å². The zero-order valence-electron chi connectivity index (χ0n) is 9.67. The molecule has 0 saturated carbocycles. The zero-order valence-corrected chi connectivity index (χ0v) is 11.2. The molecule has 106 valence electrons. The first-order chi connectivity index (χ1) is 9.25. The summed E-state index contributed by atoms with van der Waals surface area (Å²) in [7, 11) is 0. The minimum atomic E-state index is -4.61. The molecule has 0 spiro atoms. The summed E-state index contributed by atoms with van der Waals surface area (Å²) in [5.74, 6) is -0.610. The van der Waals surface area contributed by atoms with Gasteiger partial charge in [-0.25, -0.2) is 4.98 Å². The van der Waals surface area contributed by atoms with Crippen LogP contribution in [0.3, 0.4) is 0 Å². The Balaban J connectivity index is 2.36. The van der Waals surface area contributed by atoms with Crippen molar-refractivity contribution in [1.29, 1.82) is 0 Å². The Morgan fingerprint density at radius 1 is 1.10 bits per heavy atom. The third kappa shape index (κ3) is 3.43. The first kappa shape index (κ1) is 14.7. The molecule has 1 aromatic carbocycles. The first-order valence-electron chi connectivity index (χ1n) is 5.19. The fourth-order valence-electron chi connectivity index (χ4n) is 1.40. The number of benzene rings is 1. The summed E-state index contributed by atoms with van der Waals surface area (Å²) in [6, 6.07) is 5.23. The molecule has 0 saturated heterocycles. The lowest BCUT2D eigenvalue weighted by Crippen LogP contribution is -2.12. The Hall–Kier alpha value is -1.73. The van der Waals surface area contributed by atoms with E-state index in [0.717, 1.165) is 6.07 Å². The lowest BCUT2D eigenvalue weighted by Gasteiger charge is -2.11. The fourth-order valence-corrected chi connectivity index (χ4v) is 1.86. The summed E-state index contributed by atoms with van der Waals surface area (Å²) < 4.78 is 37.8. The molecular weight excluding hydrogens is 316 g/mol. The van der Waals surface area contributed by atoms with Gasteiger partial charge in [-0.15, -0.1) is 0 Å². The molecule has 0 bridgehead atoms. The molecule has 0 amide bonds. The molecule has 0 aliphatic rings. The molecule has 3 N–H and O–H groups in total. The summed E-state index contributed by atoms with van der Waals surface area (Å²) in [6.07, 6.45) is -4.61. The van der Waals surface area contributed by atoms with Gasteiger partial charge in [-0.3, -0.25) is 0 Å². The predicted molar refractivity (Wildman–Crippen MR) is 71.2 cm³/mol. The van der Waals surface area contributed by atoms with Crippen LogP contribution in [0.1, 0.15) is 5.69 Å². The maximum absolute atomic E-state index is 12.6.